The first-order chi connectivity index (χ1) is 11.0. The van der Waals surface area contributed by atoms with Gasteiger partial charge in [-0.15, -0.1) is 0 Å². The van der Waals surface area contributed by atoms with E-state index in [9.17, 15) is 12.8 Å². The number of benzene rings is 2. The number of hydrogen-bond acceptors (Lipinski definition) is 3. The van der Waals surface area contributed by atoms with Gasteiger partial charge >= 0.3 is 0 Å². The molecule has 0 spiro atoms. The first-order valence-electron chi connectivity index (χ1n) is 7.44. The number of sulfone groups is 1. The van der Waals surface area contributed by atoms with E-state index < -0.39 is 9.84 Å². The predicted octanol–water partition coefficient (Wildman–Crippen LogP) is 3.41. The highest BCUT2D eigenvalue weighted by Gasteiger charge is 2.23. The average Bonchev–Trinajstić information content (AvgIpc) is 2.89. The van der Waals surface area contributed by atoms with Gasteiger partial charge in [0, 0.05) is 0 Å². The van der Waals surface area contributed by atoms with Crippen LogP contribution in [-0.2, 0) is 16.4 Å². The molecule has 0 saturated heterocycles. The van der Waals surface area contributed by atoms with Crippen LogP contribution < -0.4 is 0 Å². The van der Waals surface area contributed by atoms with Crippen molar-refractivity contribution in [3.05, 3.63) is 59.9 Å². The van der Waals surface area contributed by atoms with Crippen LogP contribution >= 0.6 is 0 Å². The summed E-state index contributed by atoms with van der Waals surface area (Å²) in [6.45, 7) is 2.16. The molecule has 0 aliphatic heterocycles. The second-order valence-electron chi connectivity index (χ2n) is 5.41. The van der Waals surface area contributed by atoms with Crippen molar-refractivity contribution in [1.29, 1.82) is 0 Å². The van der Waals surface area contributed by atoms with Gasteiger partial charge in [-0.05, 0) is 36.2 Å². The van der Waals surface area contributed by atoms with E-state index in [-0.39, 0.29) is 16.7 Å². The molecule has 0 N–H and O–H groups in total. The van der Waals surface area contributed by atoms with Gasteiger partial charge in [-0.3, -0.25) is 0 Å². The number of hydrogen-bond donors (Lipinski definition) is 0. The lowest BCUT2D eigenvalue weighted by Gasteiger charge is -2.09. The Labute approximate surface area is 134 Å². The lowest BCUT2D eigenvalue weighted by Crippen LogP contribution is -2.14. The molecule has 0 fully saturated rings. The highest BCUT2D eigenvalue weighted by Crippen LogP contribution is 2.22. The largest absolute Gasteiger partial charge is 0.310 e. The monoisotopic (exact) mass is 332 g/mol. The van der Waals surface area contributed by atoms with E-state index >= 15 is 0 Å². The van der Waals surface area contributed by atoms with Crippen molar-refractivity contribution in [3.63, 3.8) is 0 Å². The van der Waals surface area contributed by atoms with Crippen molar-refractivity contribution in [3.8, 4) is 0 Å². The third-order valence-corrected chi connectivity index (χ3v) is 5.44. The molecule has 0 unspecified atom stereocenters. The summed E-state index contributed by atoms with van der Waals surface area (Å²) in [5.41, 5.74) is 2.22. The Morgan fingerprint density at radius 3 is 2.48 bits per heavy atom. The maximum atomic E-state index is 13.1. The number of halogens is 1. The Hall–Kier alpha value is -2.21. The van der Waals surface area contributed by atoms with Crippen LogP contribution in [0.15, 0.2) is 53.7 Å². The molecule has 0 aliphatic carbocycles. The van der Waals surface area contributed by atoms with Crippen molar-refractivity contribution in [1.82, 2.24) is 9.55 Å². The minimum absolute atomic E-state index is 0.0553. The Kier molecular flexibility index (Phi) is 4.17. The second kappa shape index (κ2) is 6.12. The minimum atomic E-state index is -3.45. The van der Waals surface area contributed by atoms with Crippen molar-refractivity contribution in [2.75, 3.05) is 5.75 Å². The van der Waals surface area contributed by atoms with Gasteiger partial charge in [0.25, 0.3) is 0 Å². The third kappa shape index (κ3) is 3.12. The highest BCUT2D eigenvalue weighted by molar-refractivity contribution is 7.91. The van der Waals surface area contributed by atoms with Crippen LogP contribution in [0.1, 0.15) is 18.9 Å². The zero-order valence-electron chi connectivity index (χ0n) is 12.7. The summed E-state index contributed by atoms with van der Waals surface area (Å²) in [7, 11) is -3.45. The molecular weight excluding hydrogens is 315 g/mol. The van der Waals surface area contributed by atoms with Gasteiger partial charge in [0.2, 0.25) is 15.0 Å². The fourth-order valence-corrected chi connectivity index (χ4v) is 4.03. The molecule has 0 saturated carbocycles. The molecule has 3 aromatic rings. The van der Waals surface area contributed by atoms with E-state index in [1.165, 1.54) is 12.1 Å². The van der Waals surface area contributed by atoms with Crippen molar-refractivity contribution in [2.45, 2.75) is 25.0 Å². The molecule has 2 aromatic carbocycles. The van der Waals surface area contributed by atoms with Gasteiger partial charge in [0.1, 0.15) is 5.82 Å². The van der Waals surface area contributed by atoms with Crippen LogP contribution in [0.2, 0.25) is 0 Å². The number of aromatic nitrogens is 2. The smallest absolute Gasteiger partial charge is 0.229 e. The Balaban J connectivity index is 2.15. The Bertz CT molecular complexity index is 931. The molecule has 6 heteroatoms. The van der Waals surface area contributed by atoms with Crippen LogP contribution in [0.5, 0.6) is 0 Å². The molecule has 0 aliphatic rings. The number of rotatable bonds is 5. The van der Waals surface area contributed by atoms with Gasteiger partial charge in [0.05, 0.1) is 23.3 Å². The van der Waals surface area contributed by atoms with Crippen LogP contribution in [0, 0.1) is 5.82 Å². The van der Waals surface area contributed by atoms with E-state index in [4.69, 9.17) is 0 Å². The van der Waals surface area contributed by atoms with Crippen molar-refractivity contribution < 1.29 is 12.8 Å². The van der Waals surface area contributed by atoms with E-state index in [1.54, 1.807) is 22.8 Å². The molecule has 1 aromatic heterocycles. The summed E-state index contributed by atoms with van der Waals surface area (Å²) in [6.07, 6.45) is 0.530. The highest BCUT2D eigenvalue weighted by atomic mass is 32.2. The van der Waals surface area contributed by atoms with Gasteiger partial charge in [0.15, 0.2) is 0 Å². The Morgan fingerprint density at radius 2 is 1.78 bits per heavy atom. The van der Waals surface area contributed by atoms with Crippen LogP contribution in [0.25, 0.3) is 11.0 Å². The fraction of sp³-hybridized carbons (Fsp3) is 0.235. The van der Waals surface area contributed by atoms with E-state index in [0.29, 0.717) is 18.5 Å². The molecule has 0 bridgehead atoms. The second-order valence-corrected chi connectivity index (χ2v) is 7.42. The molecule has 1 heterocycles. The van der Waals surface area contributed by atoms with Gasteiger partial charge < -0.3 is 4.57 Å². The molecule has 0 atom stereocenters. The standard InChI is InChI=1S/C17H17FN2O2S/c1-2-11-23(21,22)17-19-15-5-3-4-6-16(15)20(17)12-13-7-9-14(18)10-8-13/h3-10H,2,11-12H2,1H3. The molecular formula is C17H17FN2O2S. The lowest BCUT2D eigenvalue weighted by atomic mass is 10.2. The summed E-state index contributed by atoms with van der Waals surface area (Å²) in [6, 6.07) is 13.4. The molecule has 0 amide bonds. The number of imidazole rings is 1. The first kappa shape index (κ1) is 15.7. The predicted molar refractivity (Wildman–Crippen MR) is 87.6 cm³/mol. The number of nitrogens with zero attached hydrogens (tertiary/aromatic N) is 2. The van der Waals surface area contributed by atoms with Crippen molar-refractivity contribution in [2.24, 2.45) is 0 Å². The first-order valence-corrected chi connectivity index (χ1v) is 9.09. The van der Waals surface area contributed by atoms with Crippen LogP contribution in [0.3, 0.4) is 0 Å². The zero-order chi connectivity index (χ0) is 16.4. The van der Waals surface area contributed by atoms with E-state index in [1.807, 2.05) is 25.1 Å². The average molecular weight is 332 g/mol. The van der Waals surface area contributed by atoms with E-state index in [2.05, 4.69) is 4.98 Å². The SMILES string of the molecule is CCCS(=O)(=O)c1nc2ccccc2n1Cc1ccc(F)cc1. The van der Waals surface area contributed by atoms with Crippen LogP contribution in [0.4, 0.5) is 4.39 Å². The quantitative estimate of drug-likeness (QED) is 0.719. The lowest BCUT2D eigenvalue weighted by molar-refractivity contribution is 0.573. The normalized spacial score (nSPS) is 11.9. The molecule has 4 nitrogen and oxygen atoms in total. The summed E-state index contributed by atoms with van der Waals surface area (Å²) in [4.78, 5) is 4.32. The van der Waals surface area contributed by atoms with Crippen molar-refractivity contribution >= 4 is 20.9 Å². The molecule has 0 radical (unpaired) electrons. The fourth-order valence-electron chi connectivity index (χ4n) is 2.58. The maximum Gasteiger partial charge on any atom is 0.229 e. The van der Waals surface area contributed by atoms with Gasteiger partial charge in [-0.25, -0.2) is 17.8 Å². The number of fused-ring (bicyclic) bond motifs is 1. The van der Waals surface area contributed by atoms with E-state index in [0.717, 1.165) is 11.1 Å². The number of para-hydroxylation sites is 2. The molecule has 3 rings (SSSR count). The summed E-state index contributed by atoms with van der Waals surface area (Å²) < 4.78 is 39.8. The summed E-state index contributed by atoms with van der Waals surface area (Å²) in [5.74, 6) is -0.261. The minimum Gasteiger partial charge on any atom is -0.310 e. The summed E-state index contributed by atoms with van der Waals surface area (Å²) in [5, 5.41) is 0.0740. The molecule has 23 heavy (non-hydrogen) atoms. The molecule has 120 valence electrons. The Morgan fingerprint density at radius 1 is 1.09 bits per heavy atom. The zero-order valence-corrected chi connectivity index (χ0v) is 13.6. The summed E-state index contributed by atoms with van der Waals surface area (Å²) >= 11 is 0. The third-order valence-electron chi connectivity index (χ3n) is 3.62. The van der Waals surface area contributed by atoms with Gasteiger partial charge in [-0.2, -0.15) is 0 Å². The maximum absolute atomic E-state index is 13.1. The van der Waals surface area contributed by atoms with Gasteiger partial charge in [-0.1, -0.05) is 31.2 Å². The topological polar surface area (TPSA) is 52.0 Å². The van der Waals surface area contributed by atoms with Crippen LogP contribution in [-0.4, -0.2) is 23.7 Å².